The van der Waals surface area contributed by atoms with Crippen molar-refractivity contribution in [3.05, 3.63) is 23.8 Å². The van der Waals surface area contributed by atoms with Crippen molar-refractivity contribution >= 4 is 0 Å². The van der Waals surface area contributed by atoms with Gasteiger partial charge in [0.15, 0.2) is 0 Å². The maximum atomic E-state index is 10.3. The second-order valence-electron chi connectivity index (χ2n) is 7.01. The fourth-order valence-electron chi connectivity index (χ4n) is 3.59. The van der Waals surface area contributed by atoms with Crippen molar-refractivity contribution < 1.29 is 19.3 Å². The minimum atomic E-state index is -0.473. The van der Waals surface area contributed by atoms with E-state index in [9.17, 15) is 5.11 Å². The van der Waals surface area contributed by atoms with Crippen molar-refractivity contribution in [2.75, 3.05) is 40.5 Å². The highest BCUT2D eigenvalue weighted by Gasteiger charge is 2.23. The summed E-state index contributed by atoms with van der Waals surface area (Å²) < 4.78 is 16.3. The molecular formula is C19H31NO4. The first kappa shape index (κ1) is 19.0. The summed E-state index contributed by atoms with van der Waals surface area (Å²) in [5.41, 5.74) is 0.921. The van der Waals surface area contributed by atoms with Crippen LogP contribution in [0, 0.1) is 11.8 Å². The van der Waals surface area contributed by atoms with Crippen LogP contribution >= 0.6 is 0 Å². The van der Waals surface area contributed by atoms with Crippen LogP contribution in [-0.4, -0.2) is 56.6 Å². The molecule has 0 aliphatic carbocycles. The van der Waals surface area contributed by atoms with E-state index >= 15 is 0 Å². The molecular weight excluding hydrogens is 306 g/mol. The fourth-order valence-corrected chi connectivity index (χ4v) is 3.59. The second-order valence-corrected chi connectivity index (χ2v) is 7.01. The van der Waals surface area contributed by atoms with Gasteiger partial charge in [-0.3, -0.25) is 0 Å². The molecule has 1 aliphatic rings. The molecule has 1 heterocycles. The van der Waals surface area contributed by atoms with Crippen molar-refractivity contribution in [1.82, 2.24) is 4.90 Å². The molecule has 0 bridgehead atoms. The van der Waals surface area contributed by atoms with Gasteiger partial charge in [0.1, 0.15) is 11.5 Å². The van der Waals surface area contributed by atoms with Gasteiger partial charge in [0.2, 0.25) is 0 Å². The number of likely N-dealkylation sites (tertiary alicyclic amines) is 1. The summed E-state index contributed by atoms with van der Waals surface area (Å²) in [4.78, 5) is 2.35. The molecule has 5 heteroatoms. The van der Waals surface area contributed by atoms with Crippen LogP contribution in [0.1, 0.15) is 25.8 Å². The highest BCUT2D eigenvalue weighted by atomic mass is 16.5. The number of benzene rings is 1. The molecule has 1 fully saturated rings. The van der Waals surface area contributed by atoms with Gasteiger partial charge in [0.25, 0.3) is 0 Å². The Morgan fingerprint density at radius 1 is 1.17 bits per heavy atom. The van der Waals surface area contributed by atoms with Crippen molar-refractivity contribution in [1.29, 1.82) is 0 Å². The highest BCUT2D eigenvalue weighted by Crippen LogP contribution is 2.25. The van der Waals surface area contributed by atoms with Crippen LogP contribution in [0.3, 0.4) is 0 Å². The quantitative estimate of drug-likeness (QED) is 0.790. The van der Waals surface area contributed by atoms with Crippen LogP contribution in [0.5, 0.6) is 11.5 Å². The molecule has 24 heavy (non-hydrogen) atoms. The number of β-amino-alcohol motifs (C(OH)–C–C–N with tert-alkyl or cyclic N) is 1. The summed E-state index contributed by atoms with van der Waals surface area (Å²) in [5, 5.41) is 10.3. The number of rotatable bonds is 8. The number of hydrogen-bond acceptors (Lipinski definition) is 5. The van der Waals surface area contributed by atoms with Crippen molar-refractivity contribution in [3.8, 4) is 11.5 Å². The van der Waals surface area contributed by atoms with Crippen LogP contribution in [0.4, 0.5) is 0 Å². The van der Waals surface area contributed by atoms with Crippen LogP contribution in [0.15, 0.2) is 18.2 Å². The molecule has 3 atom stereocenters. The fraction of sp³-hybridized carbons (Fsp3) is 0.684. The molecule has 1 N–H and O–H groups in total. The average Bonchev–Trinajstić information content (AvgIpc) is 2.53. The predicted molar refractivity (Wildman–Crippen MR) is 94.6 cm³/mol. The van der Waals surface area contributed by atoms with Crippen LogP contribution in [0.25, 0.3) is 0 Å². The molecule has 0 amide bonds. The molecule has 5 nitrogen and oxygen atoms in total. The molecule has 0 aromatic heterocycles. The van der Waals surface area contributed by atoms with Crippen LogP contribution < -0.4 is 9.47 Å². The number of hydrogen-bond donors (Lipinski definition) is 1. The lowest BCUT2D eigenvalue weighted by atomic mass is 9.92. The Kier molecular flexibility index (Phi) is 7.34. The van der Waals surface area contributed by atoms with E-state index in [0.29, 0.717) is 31.6 Å². The zero-order valence-electron chi connectivity index (χ0n) is 15.3. The number of aliphatic hydroxyl groups is 1. The molecule has 1 aromatic rings. The smallest absolute Gasteiger partial charge is 0.124 e. The number of ether oxygens (including phenoxy) is 3. The van der Waals surface area contributed by atoms with E-state index < -0.39 is 6.10 Å². The zero-order valence-corrected chi connectivity index (χ0v) is 15.3. The average molecular weight is 337 g/mol. The van der Waals surface area contributed by atoms with Crippen molar-refractivity contribution in [2.45, 2.75) is 33.0 Å². The summed E-state index contributed by atoms with van der Waals surface area (Å²) in [6, 6.07) is 5.62. The third-order valence-electron chi connectivity index (χ3n) is 4.47. The second kappa shape index (κ2) is 9.25. The SMILES string of the molecule is COc1ccc(OC)c(COCC(O)CN2CC(C)CC(C)C2)c1. The van der Waals surface area contributed by atoms with Crippen LogP contribution in [0.2, 0.25) is 0 Å². The van der Waals surface area contributed by atoms with E-state index in [4.69, 9.17) is 14.2 Å². The Morgan fingerprint density at radius 3 is 2.50 bits per heavy atom. The van der Waals surface area contributed by atoms with Gasteiger partial charge in [-0.1, -0.05) is 13.8 Å². The molecule has 0 saturated carbocycles. The van der Waals surface area contributed by atoms with Gasteiger partial charge in [-0.05, 0) is 36.5 Å². The standard InChI is InChI=1S/C19H31NO4/c1-14-7-15(2)10-20(9-14)11-17(21)13-24-12-16-8-18(22-3)5-6-19(16)23-4/h5-6,8,14-15,17,21H,7,9-13H2,1-4H3. The first-order valence-corrected chi connectivity index (χ1v) is 8.70. The molecule has 0 radical (unpaired) electrons. The lowest BCUT2D eigenvalue weighted by molar-refractivity contribution is -0.00131. The van der Waals surface area contributed by atoms with E-state index in [2.05, 4.69) is 18.7 Å². The lowest BCUT2D eigenvalue weighted by Gasteiger charge is -2.35. The Morgan fingerprint density at radius 2 is 1.88 bits per heavy atom. The first-order valence-electron chi connectivity index (χ1n) is 8.70. The number of methoxy groups -OCH3 is 2. The van der Waals surface area contributed by atoms with Gasteiger partial charge in [0.05, 0.1) is 33.5 Å². The molecule has 1 saturated heterocycles. The zero-order chi connectivity index (χ0) is 17.5. The lowest BCUT2D eigenvalue weighted by Crippen LogP contribution is -2.43. The van der Waals surface area contributed by atoms with Gasteiger partial charge in [-0.25, -0.2) is 0 Å². The third-order valence-corrected chi connectivity index (χ3v) is 4.47. The monoisotopic (exact) mass is 337 g/mol. The largest absolute Gasteiger partial charge is 0.497 e. The summed E-state index contributed by atoms with van der Waals surface area (Å²) in [6.45, 7) is 8.06. The maximum Gasteiger partial charge on any atom is 0.124 e. The number of piperidine rings is 1. The minimum absolute atomic E-state index is 0.319. The molecule has 136 valence electrons. The summed E-state index contributed by atoms with van der Waals surface area (Å²) >= 11 is 0. The topological polar surface area (TPSA) is 51.2 Å². The van der Waals surface area contributed by atoms with E-state index in [1.165, 1.54) is 6.42 Å². The van der Waals surface area contributed by atoms with E-state index in [1.54, 1.807) is 14.2 Å². The molecule has 3 unspecified atom stereocenters. The summed E-state index contributed by atoms with van der Waals surface area (Å²) in [5.74, 6) is 2.93. The molecule has 1 aliphatic heterocycles. The number of nitrogens with zero attached hydrogens (tertiary/aromatic N) is 1. The van der Waals surface area contributed by atoms with Gasteiger partial charge < -0.3 is 24.2 Å². The van der Waals surface area contributed by atoms with Crippen molar-refractivity contribution in [2.24, 2.45) is 11.8 Å². The molecule has 0 spiro atoms. The Hall–Kier alpha value is -1.30. The molecule has 1 aromatic carbocycles. The third kappa shape index (κ3) is 5.65. The van der Waals surface area contributed by atoms with Crippen molar-refractivity contribution in [3.63, 3.8) is 0 Å². The van der Waals surface area contributed by atoms with Gasteiger partial charge >= 0.3 is 0 Å². The highest BCUT2D eigenvalue weighted by molar-refractivity contribution is 5.39. The maximum absolute atomic E-state index is 10.3. The predicted octanol–water partition coefficient (Wildman–Crippen LogP) is 2.56. The Bertz CT molecular complexity index is 498. The van der Waals surface area contributed by atoms with Gasteiger partial charge in [0, 0.05) is 25.2 Å². The van der Waals surface area contributed by atoms with Gasteiger partial charge in [-0.15, -0.1) is 0 Å². The van der Waals surface area contributed by atoms with E-state index in [-0.39, 0.29) is 0 Å². The molecule has 2 rings (SSSR count). The number of aliphatic hydroxyl groups excluding tert-OH is 1. The van der Waals surface area contributed by atoms with Crippen LogP contribution in [-0.2, 0) is 11.3 Å². The summed E-state index contributed by atoms with van der Waals surface area (Å²) in [7, 11) is 3.27. The first-order chi connectivity index (χ1) is 11.5. The van der Waals surface area contributed by atoms with E-state index in [1.807, 2.05) is 18.2 Å². The minimum Gasteiger partial charge on any atom is -0.497 e. The van der Waals surface area contributed by atoms with Gasteiger partial charge in [-0.2, -0.15) is 0 Å². The normalized spacial score (nSPS) is 23.0. The summed E-state index contributed by atoms with van der Waals surface area (Å²) in [6.07, 6.45) is 0.803. The Labute approximate surface area is 145 Å². The van der Waals surface area contributed by atoms with E-state index in [0.717, 1.165) is 30.2 Å². The Balaban J connectivity index is 1.79.